The first-order chi connectivity index (χ1) is 6.19. The van der Waals surface area contributed by atoms with Gasteiger partial charge in [-0.05, 0) is 18.1 Å². The minimum atomic E-state index is 0.918. The van der Waals surface area contributed by atoms with Gasteiger partial charge in [0.05, 0.1) is 7.11 Å². The highest BCUT2D eigenvalue weighted by Gasteiger charge is 2.03. The summed E-state index contributed by atoms with van der Waals surface area (Å²) in [6.45, 7) is 2.16. The van der Waals surface area contributed by atoms with Crippen LogP contribution in [-0.2, 0) is 6.42 Å². The summed E-state index contributed by atoms with van der Waals surface area (Å²) < 4.78 is 5.18. The molecule has 13 heavy (non-hydrogen) atoms. The molecule has 0 spiro atoms. The molecular formula is C11H17NO. The van der Waals surface area contributed by atoms with E-state index in [2.05, 4.69) is 24.0 Å². The van der Waals surface area contributed by atoms with Crippen LogP contribution in [0, 0.1) is 0 Å². The third kappa shape index (κ3) is 2.14. The second kappa shape index (κ2) is 4.17. The number of anilines is 1. The average Bonchev–Trinajstić information content (AvgIpc) is 2.16. The van der Waals surface area contributed by atoms with E-state index in [0.717, 1.165) is 12.2 Å². The number of benzene rings is 1. The quantitative estimate of drug-likeness (QED) is 0.706. The zero-order chi connectivity index (χ0) is 9.84. The van der Waals surface area contributed by atoms with Crippen molar-refractivity contribution < 1.29 is 4.74 Å². The van der Waals surface area contributed by atoms with Crippen molar-refractivity contribution in [3.63, 3.8) is 0 Å². The lowest BCUT2D eigenvalue weighted by Gasteiger charge is -2.17. The fraction of sp³-hybridized carbons (Fsp3) is 0.455. The Balaban J connectivity index is 3.10. The van der Waals surface area contributed by atoms with Crippen LogP contribution in [-0.4, -0.2) is 21.2 Å². The van der Waals surface area contributed by atoms with Crippen LogP contribution in [0.4, 0.5) is 5.69 Å². The average molecular weight is 179 g/mol. The summed E-state index contributed by atoms with van der Waals surface area (Å²) in [6, 6.07) is 6.19. The highest BCUT2D eigenvalue weighted by atomic mass is 16.5. The normalized spacial score (nSPS) is 9.85. The summed E-state index contributed by atoms with van der Waals surface area (Å²) in [5, 5.41) is 0. The topological polar surface area (TPSA) is 12.5 Å². The molecule has 0 aromatic heterocycles. The Kier molecular flexibility index (Phi) is 3.18. The van der Waals surface area contributed by atoms with E-state index in [1.807, 2.05) is 20.2 Å². The smallest absolute Gasteiger partial charge is 0.120 e. The van der Waals surface area contributed by atoms with Crippen molar-refractivity contribution in [2.24, 2.45) is 0 Å². The molecule has 2 heteroatoms. The van der Waals surface area contributed by atoms with E-state index < -0.39 is 0 Å². The van der Waals surface area contributed by atoms with Crippen LogP contribution in [0.25, 0.3) is 0 Å². The van der Waals surface area contributed by atoms with Crippen molar-refractivity contribution in [1.82, 2.24) is 0 Å². The largest absolute Gasteiger partial charge is 0.497 e. The zero-order valence-electron chi connectivity index (χ0n) is 8.79. The summed E-state index contributed by atoms with van der Waals surface area (Å²) in [4.78, 5) is 2.11. The predicted molar refractivity (Wildman–Crippen MR) is 56.7 cm³/mol. The van der Waals surface area contributed by atoms with E-state index in [1.54, 1.807) is 7.11 Å². The first kappa shape index (κ1) is 9.90. The van der Waals surface area contributed by atoms with Gasteiger partial charge in [-0.2, -0.15) is 0 Å². The number of rotatable bonds is 3. The number of methoxy groups -OCH3 is 1. The van der Waals surface area contributed by atoms with Gasteiger partial charge in [-0.25, -0.2) is 0 Å². The number of aryl methyl sites for hydroxylation is 1. The lowest BCUT2D eigenvalue weighted by Crippen LogP contribution is -2.11. The second-order valence-electron chi connectivity index (χ2n) is 3.24. The van der Waals surface area contributed by atoms with Gasteiger partial charge in [-0.15, -0.1) is 0 Å². The van der Waals surface area contributed by atoms with Gasteiger partial charge in [-0.1, -0.05) is 13.0 Å². The molecule has 0 saturated carbocycles. The fourth-order valence-electron chi connectivity index (χ4n) is 1.39. The molecule has 0 aliphatic carbocycles. The molecule has 0 bridgehead atoms. The summed E-state index contributed by atoms with van der Waals surface area (Å²) in [5.41, 5.74) is 2.59. The first-order valence-corrected chi connectivity index (χ1v) is 4.53. The molecule has 1 rings (SSSR count). The van der Waals surface area contributed by atoms with Gasteiger partial charge in [0.1, 0.15) is 5.75 Å². The van der Waals surface area contributed by atoms with E-state index >= 15 is 0 Å². The van der Waals surface area contributed by atoms with Gasteiger partial charge in [0.25, 0.3) is 0 Å². The van der Waals surface area contributed by atoms with Crippen LogP contribution in [0.2, 0.25) is 0 Å². The highest BCUT2D eigenvalue weighted by Crippen LogP contribution is 2.24. The Morgan fingerprint density at radius 2 is 2.00 bits per heavy atom. The van der Waals surface area contributed by atoms with Crippen molar-refractivity contribution in [1.29, 1.82) is 0 Å². The molecule has 0 fully saturated rings. The van der Waals surface area contributed by atoms with Gasteiger partial charge in [0.15, 0.2) is 0 Å². The molecule has 0 aliphatic rings. The third-order valence-electron chi connectivity index (χ3n) is 2.16. The Bertz CT molecular complexity index is 281. The zero-order valence-corrected chi connectivity index (χ0v) is 8.79. The number of hydrogen-bond donors (Lipinski definition) is 0. The molecule has 0 aliphatic heterocycles. The molecular weight excluding hydrogens is 162 g/mol. The molecule has 0 saturated heterocycles. The van der Waals surface area contributed by atoms with Crippen LogP contribution in [0.1, 0.15) is 12.5 Å². The minimum absolute atomic E-state index is 0.918. The maximum absolute atomic E-state index is 5.18. The van der Waals surface area contributed by atoms with E-state index in [4.69, 9.17) is 4.74 Å². The van der Waals surface area contributed by atoms with Crippen LogP contribution in [0.15, 0.2) is 18.2 Å². The van der Waals surface area contributed by atoms with Crippen molar-refractivity contribution in [2.75, 3.05) is 26.1 Å². The Morgan fingerprint density at radius 1 is 1.31 bits per heavy atom. The summed E-state index contributed by atoms with van der Waals surface area (Å²) in [7, 11) is 5.79. The molecule has 0 radical (unpaired) electrons. The third-order valence-corrected chi connectivity index (χ3v) is 2.16. The fourth-order valence-corrected chi connectivity index (χ4v) is 1.39. The van der Waals surface area contributed by atoms with Crippen LogP contribution >= 0.6 is 0 Å². The second-order valence-corrected chi connectivity index (χ2v) is 3.24. The molecule has 0 amide bonds. The van der Waals surface area contributed by atoms with Crippen molar-refractivity contribution in [2.45, 2.75) is 13.3 Å². The lowest BCUT2D eigenvalue weighted by atomic mass is 10.1. The molecule has 1 aromatic rings. The van der Waals surface area contributed by atoms with Gasteiger partial charge >= 0.3 is 0 Å². The SMILES string of the molecule is CCc1ccc(OC)cc1N(C)C. The number of nitrogens with zero attached hydrogens (tertiary/aromatic N) is 1. The van der Waals surface area contributed by atoms with E-state index in [-0.39, 0.29) is 0 Å². The molecule has 2 nitrogen and oxygen atoms in total. The van der Waals surface area contributed by atoms with E-state index in [0.29, 0.717) is 0 Å². The molecule has 0 unspecified atom stereocenters. The summed E-state index contributed by atoms with van der Waals surface area (Å²) in [6.07, 6.45) is 1.05. The standard InChI is InChI=1S/C11H17NO/c1-5-9-6-7-10(13-4)8-11(9)12(2)3/h6-8H,5H2,1-4H3. The van der Waals surface area contributed by atoms with Gasteiger partial charge < -0.3 is 9.64 Å². The van der Waals surface area contributed by atoms with Crippen LogP contribution in [0.3, 0.4) is 0 Å². The number of hydrogen-bond acceptors (Lipinski definition) is 2. The predicted octanol–water partition coefficient (Wildman–Crippen LogP) is 2.32. The van der Waals surface area contributed by atoms with Gasteiger partial charge in [0, 0.05) is 25.8 Å². The molecule has 0 atom stereocenters. The Hall–Kier alpha value is -1.18. The van der Waals surface area contributed by atoms with Gasteiger partial charge in [0.2, 0.25) is 0 Å². The molecule has 72 valence electrons. The highest BCUT2D eigenvalue weighted by molar-refractivity contribution is 5.56. The van der Waals surface area contributed by atoms with Crippen LogP contribution < -0.4 is 9.64 Å². The number of ether oxygens (including phenoxy) is 1. The molecule has 0 heterocycles. The summed E-state index contributed by atoms with van der Waals surface area (Å²) in [5.74, 6) is 0.918. The molecule has 1 aromatic carbocycles. The lowest BCUT2D eigenvalue weighted by molar-refractivity contribution is 0.414. The van der Waals surface area contributed by atoms with Crippen molar-refractivity contribution in [3.05, 3.63) is 23.8 Å². The van der Waals surface area contributed by atoms with E-state index in [9.17, 15) is 0 Å². The summed E-state index contributed by atoms with van der Waals surface area (Å²) >= 11 is 0. The maximum Gasteiger partial charge on any atom is 0.120 e. The minimum Gasteiger partial charge on any atom is -0.497 e. The van der Waals surface area contributed by atoms with Crippen LogP contribution in [0.5, 0.6) is 5.75 Å². The monoisotopic (exact) mass is 179 g/mol. The van der Waals surface area contributed by atoms with E-state index in [1.165, 1.54) is 11.3 Å². The Morgan fingerprint density at radius 3 is 2.46 bits per heavy atom. The van der Waals surface area contributed by atoms with Gasteiger partial charge in [-0.3, -0.25) is 0 Å². The first-order valence-electron chi connectivity index (χ1n) is 4.53. The van der Waals surface area contributed by atoms with Crippen molar-refractivity contribution in [3.8, 4) is 5.75 Å². The Labute approximate surface area is 80.1 Å². The molecule has 0 N–H and O–H groups in total. The van der Waals surface area contributed by atoms with Crippen molar-refractivity contribution >= 4 is 5.69 Å². The maximum atomic E-state index is 5.18.